The molecule has 18 heavy (non-hydrogen) atoms. The molecule has 1 aliphatic rings. The largest absolute Gasteiger partial charge is 0.338 e. The fraction of sp³-hybridized carbons (Fsp3) is 0.462. The highest BCUT2D eigenvalue weighted by Crippen LogP contribution is 2.11. The van der Waals surface area contributed by atoms with Crippen molar-refractivity contribution in [1.29, 1.82) is 0 Å². The van der Waals surface area contributed by atoms with E-state index in [-0.39, 0.29) is 11.8 Å². The molecule has 0 saturated carbocycles. The van der Waals surface area contributed by atoms with Crippen molar-refractivity contribution in [2.45, 2.75) is 12.8 Å². The van der Waals surface area contributed by atoms with Crippen molar-refractivity contribution in [1.82, 2.24) is 10.6 Å². The summed E-state index contributed by atoms with van der Waals surface area (Å²) in [5, 5.41) is 8.72. The van der Waals surface area contributed by atoms with Crippen molar-refractivity contribution in [2.24, 2.45) is 5.92 Å². The zero-order chi connectivity index (χ0) is 12.8. The van der Waals surface area contributed by atoms with Crippen LogP contribution in [-0.2, 0) is 0 Å². The molecule has 98 valence electrons. The standard InChI is InChI=1S/C13H18FN3O/c14-11-2-1-3-12(8-11)17-13(18)16-9-10-4-6-15-7-5-10/h1-3,8,10,15H,4-7,9H2,(H2,16,17,18). The first-order chi connectivity index (χ1) is 8.74. The normalized spacial score (nSPS) is 16.3. The predicted molar refractivity (Wildman–Crippen MR) is 69.0 cm³/mol. The van der Waals surface area contributed by atoms with Crippen molar-refractivity contribution < 1.29 is 9.18 Å². The van der Waals surface area contributed by atoms with Crippen molar-refractivity contribution in [3.05, 3.63) is 30.1 Å². The summed E-state index contributed by atoms with van der Waals surface area (Å²) in [6.45, 7) is 2.69. The molecule has 4 nitrogen and oxygen atoms in total. The fourth-order valence-electron chi connectivity index (χ4n) is 2.06. The maximum Gasteiger partial charge on any atom is 0.319 e. The van der Waals surface area contributed by atoms with Crippen LogP contribution in [0.25, 0.3) is 0 Å². The van der Waals surface area contributed by atoms with Crippen molar-refractivity contribution in [3.8, 4) is 0 Å². The molecular weight excluding hydrogens is 233 g/mol. The molecule has 2 amide bonds. The van der Waals surface area contributed by atoms with Crippen LogP contribution < -0.4 is 16.0 Å². The van der Waals surface area contributed by atoms with Crippen molar-refractivity contribution in [3.63, 3.8) is 0 Å². The summed E-state index contributed by atoms with van der Waals surface area (Å²) in [5.41, 5.74) is 0.470. The molecular formula is C13H18FN3O. The number of urea groups is 1. The smallest absolute Gasteiger partial charge is 0.319 e. The number of hydrogen-bond acceptors (Lipinski definition) is 2. The van der Waals surface area contributed by atoms with Gasteiger partial charge in [-0.3, -0.25) is 0 Å². The average Bonchev–Trinajstić information content (AvgIpc) is 2.38. The number of rotatable bonds is 3. The number of carbonyl (C=O) groups is 1. The van der Waals surface area contributed by atoms with Crippen LogP contribution in [0.4, 0.5) is 14.9 Å². The second kappa shape index (κ2) is 6.35. The molecule has 0 aliphatic carbocycles. The minimum atomic E-state index is -0.355. The van der Waals surface area contributed by atoms with E-state index in [0.29, 0.717) is 18.2 Å². The van der Waals surface area contributed by atoms with Gasteiger partial charge in [0.15, 0.2) is 0 Å². The molecule has 0 unspecified atom stereocenters. The lowest BCUT2D eigenvalue weighted by Gasteiger charge is -2.22. The molecule has 5 heteroatoms. The maximum absolute atomic E-state index is 12.9. The van der Waals surface area contributed by atoms with Gasteiger partial charge in [-0.15, -0.1) is 0 Å². The lowest BCUT2D eigenvalue weighted by atomic mass is 9.98. The van der Waals surface area contributed by atoms with Crippen LogP contribution in [0.2, 0.25) is 0 Å². The monoisotopic (exact) mass is 251 g/mol. The zero-order valence-corrected chi connectivity index (χ0v) is 10.2. The van der Waals surface area contributed by atoms with Crippen LogP contribution in [0.5, 0.6) is 0 Å². The third-order valence-corrected chi connectivity index (χ3v) is 3.09. The highest BCUT2D eigenvalue weighted by molar-refractivity contribution is 5.89. The van der Waals surface area contributed by atoms with E-state index in [0.717, 1.165) is 25.9 Å². The van der Waals surface area contributed by atoms with E-state index in [9.17, 15) is 9.18 Å². The van der Waals surface area contributed by atoms with E-state index >= 15 is 0 Å². The van der Waals surface area contributed by atoms with Crippen LogP contribution in [0.1, 0.15) is 12.8 Å². The summed E-state index contributed by atoms with van der Waals surface area (Å²) in [5.74, 6) is 0.177. The Labute approximate surface area is 106 Å². The Morgan fingerprint density at radius 2 is 2.17 bits per heavy atom. The number of nitrogens with one attached hydrogen (secondary N) is 3. The summed E-state index contributed by atoms with van der Waals surface area (Å²) < 4.78 is 12.9. The molecule has 0 spiro atoms. The van der Waals surface area contributed by atoms with Crippen LogP contribution in [0.3, 0.4) is 0 Å². The van der Waals surface area contributed by atoms with Crippen LogP contribution >= 0.6 is 0 Å². The van der Waals surface area contributed by atoms with E-state index in [4.69, 9.17) is 0 Å². The molecule has 0 aromatic heterocycles. The molecule has 0 bridgehead atoms. The van der Waals surface area contributed by atoms with Crippen molar-refractivity contribution >= 4 is 11.7 Å². The van der Waals surface area contributed by atoms with Gasteiger partial charge in [0, 0.05) is 12.2 Å². The Kier molecular flexibility index (Phi) is 4.52. The van der Waals surface area contributed by atoms with Gasteiger partial charge in [-0.25, -0.2) is 9.18 Å². The van der Waals surface area contributed by atoms with Crippen molar-refractivity contribution in [2.75, 3.05) is 25.0 Å². The summed E-state index contributed by atoms with van der Waals surface area (Å²) in [6, 6.07) is 5.59. The van der Waals surface area contributed by atoms with Gasteiger partial charge in [-0.05, 0) is 50.0 Å². The quantitative estimate of drug-likeness (QED) is 0.769. The second-order valence-corrected chi connectivity index (χ2v) is 4.54. The molecule has 1 saturated heterocycles. The zero-order valence-electron chi connectivity index (χ0n) is 10.2. The number of carbonyl (C=O) groups excluding carboxylic acids is 1. The van der Waals surface area contributed by atoms with Gasteiger partial charge in [0.05, 0.1) is 0 Å². The summed E-state index contributed by atoms with van der Waals surface area (Å²) >= 11 is 0. The highest BCUT2D eigenvalue weighted by atomic mass is 19.1. The summed E-state index contributed by atoms with van der Waals surface area (Å²) in [6.07, 6.45) is 2.17. The van der Waals surface area contributed by atoms with E-state index in [1.54, 1.807) is 12.1 Å². The summed E-state index contributed by atoms with van der Waals surface area (Å²) in [7, 11) is 0. The highest BCUT2D eigenvalue weighted by Gasteiger charge is 2.13. The Hall–Kier alpha value is -1.62. The van der Waals surface area contributed by atoms with E-state index in [1.165, 1.54) is 12.1 Å². The van der Waals surface area contributed by atoms with Gasteiger partial charge in [0.1, 0.15) is 5.82 Å². The van der Waals surface area contributed by atoms with E-state index < -0.39 is 0 Å². The number of hydrogen-bond donors (Lipinski definition) is 3. The molecule has 0 radical (unpaired) electrons. The Bertz CT molecular complexity index is 405. The molecule has 1 heterocycles. The number of amides is 2. The lowest BCUT2D eigenvalue weighted by Crippen LogP contribution is -2.37. The Morgan fingerprint density at radius 3 is 2.89 bits per heavy atom. The predicted octanol–water partition coefficient (Wildman–Crippen LogP) is 1.95. The number of anilines is 1. The first-order valence-electron chi connectivity index (χ1n) is 6.25. The van der Waals surface area contributed by atoms with Gasteiger partial charge in [-0.1, -0.05) is 6.07 Å². The van der Waals surface area contributed by atoms with Gasteiger partial charge in [0.25, 0.3) is 0 Å². The lowest BCUT2D eigenvalue weighted by molar-refractivity contribution is 0.248. The van der Waals surface area contributed by atoms with Crippen LogP contribution in [-0.4, -0.2) is 25.7 Å². The van der Waals surface area contributed by atoms with E-state index in [2.05, 4.69) is 16.0 Å². The van der Waals surface area contributed by atoms with Gasteiger partial charge < -0.3 is 16.0 Å². The molecule has 1 aromatic carbocycles. The first kappa shape index (κ1) is 12.8. The number of halogens is 1. The molecule has 3 N–H and O–H groups in total. The molecule has 1 aromatic rings. The molecule has 2 rings (SSSR count). The van der Waals surface area contributed by atoms with Gasteiger partial charge >= 0.3 is 6.03 Å². The minimum Gasteiger partial charge on any atom is -0.338 e. The molecule has 1 aliphatic heterocycles. The van der Waals surface area contributed by atoms with Gasteiger partial charge in [0.2, 0.25) is 0 Å². The topological polar surface area (TPSA) is 53.2 Å². The number of benzene rings is 1. The van der Waals surface area contributed by atoms with Crippen LogP contribution in [0, 0.1) is 11.7 Å². The van der Waals surface area contributed by atoms with Crippen LogP contribution in [0.15, 0.2) is 24.3 Å². The third kappa shape index (κ3) is 4.00. The molecule has 1 fully saturated rings. The maximum atomic E-state index is 12.9. The molecule has 0 atom stereocenters. The third-order valence-electron chi connectivity index (χ3n) is 3.09. The first-order valence-corrected chi connectivity index (χ1v) is 6.25. The minimum absolute atomic E-state index is 0.279. The van der Waals surface area contributed by atoms with Gasteiger partial charge in [-0.2, -0.15) is 0 Å². The van der Waals surface area contributed by atoms with E-state index in [1.807, 2.05) is 0 Å². The Balaban J connectivity index is 1.74. The average molecular weight is 251 g/mol. The second-order valence-electron chi connectivity index (χ2n) is 4.54. The summed E-state index contributed by atoms with van der Waals surface area (Å²) in [4.78, 5) is 11.6. The fourth-order valence-corrected chi connectivity index (χ4v) is 2.06. The number of piperidine rings is 1. The SMILES string of the molecule is O=C(NCC1CCNCC1)Nc1cccc(F)c1. The Morgan fingerprint density at radius 1 is 1.39 bits per heavy atom.